The molecular weight excluding hydrogens is 285 g/mol. The Bertz CT molecular complexity index is 607. The number of carboxylic acid groups (broad SMARTS) is 1. The predicted octanol–water partition coefficient (Wildman–Crippen LogP) is 0.513. The van der Waals surface area contributed by atoms with Crippen LogP contribution >= 0.6 is 0 Å². The summed E-state index contributed by atoms with van der Waals surface area (Å²) in [6, 6.07) is 1.90. The van der Waals surface area contributed by atoms with Crippen LogP contribution in [0.3, 0.4) is 0 Å². The van der Waals surface area contributed by atoms with Crippen LogP contribution in [0, 0.1) is 15.9 Å². The number of carboxylic acids is 1. The number of carbonyl (C=O) groups excluding carboxylic acids is 1. The standard InChI is InChI=1S/C12H12FN3O5/c13-7-3-8(5-9(4-7)16(20)21)15-2-1-14-12(19)10(15)6-11(17)18/h3-5,10H,1-2,6H2,(H,14,19)(H,17,18). The number of hydrogen-bond donors (Lipinski definition) is 2. The first-order valence-electron chi connectivity index (χ1n) is 6.09. The number of nitrogens with one attached hydrogen (secondary N) is 1. The summed E-state index contributed by atoms with van der Waals surface area (Å²) in [4.78, 5) is 34.0. The Hall–Kier alpha value is -2.71. The number of piperazine rings is 1. The maximum Gasteiger partial charge on any atom is 0.305 e. The number of nitrogens with zero attached hydrogens (tertiary/aromatic N) is 2. The molecule has 0 saturated carbocycles. The number of rotatable bonds is 4. The van der Waals surface area contributed by atoms with Crippen LogP contribution < -0.4 is 10.2 Å². The highest BCUT2D eigenvalue weighted by molar-refractivity contribution is 5.90. The quantitative estimate of drug-likeness (QED) is 0.618. The van der Waals surface area contributed by atoms with Gasteiger partial charge in [0.15, 0.2) is 0 Å². The van der Waals surface area contributed by atoms with Crippen molar-refractivity contribution in [1.82, 2.24) is 5.32 Å². The number of nitro benzene ring substituents is 1. The number of amides is 1. The van der Waals surface area contributed by atoms with Crippen LogP contribution in [0.15, 0.2) is 18.2 Å². The van der Waals surface area contributed by atoms with Crippen LogP contribution in [-0.4, -0.2) is 41.0 Å². The number of anilines is 1. The lowest BCUT2D eigenvalue weighted by Crippen LogP contribution is -2.56. The summed E-state index contributed by atoms with van der Waals surface area (Å²) in [5, 5.41) is 22.1. The molecule has 1 heterocycles. The van der Waals surface area contributed by atoms with Crippen molar-refractivity contribution >= 4 is 23.3 Å². The monoisotopic (exact) mass is 297 g/mol. The molecule has 2 rings (SSSR count). The Balaban J connectivity index is 2.39. The van der Waals surface area contributed by atoms with Gasteiger partial charge >= 0.3 is 5.97 Å². The van der Waals surface area contributed by atoms with Gasteiger partial charge in [0.2, 0.25) is 5.91 Å². The van der Waals surface area contributed by atoms with Crippen LogP contribution in [-0.2, 0) is 9.59 Å². The van der Waals surface area contributed by atoms with Gasteiger partial charge in [-0.15, -0.1) is 0 Å². The molecule has 1 aromatic carbocycles. The highest BCUT2D eigenvalue weighted by Gasteiger charge is 2.32. The van der Waals surface area contributed by atoms with Gasteiger partial charge < -0.3 is 15.3 Å². The average Bonchev–Trinajstić information content (AvgIpc) is 2.39. The Kier molecular flexibility index (Phi) is 4.01. The lowest BCUT2D eigenvalue weighted by atomic mass is 10.1. The maximum absolute atomic E-state index is 13.5. The van der Waals surface area contributed by atoms with E-state index in [1.165, 1.54) is 4.90 Å². The highest BCUT2D eigenvalue weighted by Crippen LogP contribution is 2.26. The van der Waals surface area contributed by atoms with Gasteiger partial charge in [0.05, 0.1) is 17.4 Å². The van der Waals surface area contributed by atoms with Crippen molar-refractivity contribution in [1.29, 1.82) is 0 Å². The number of aliphatic carboxylic acids is 1. The molecule has 2 N–H and O–H groups in total. The molecule has 1 saturated heterocycles. The number of halogens is 1. The number of hydrogen-bond acceptors (Lipinski definition) is 5. The van der Waals surface area contributed by atoms with Gasteiger partial charge in [-0.05, 0) is 6.07 Å². The molecule has 21 heavy (non-hydrogen) atoms. The van der Waals surface area contributed by atoms with Crippen molar-refractivity contribution < 1.29 is 24.0 Å². The van der Waals surface area contributed by atoms with Crippen LogP contribution in [0.2, 0.25) is 0 Å². The largest absolute Gasteiger partial charge is 0.481 e. The first-order valence-corrected chi connectivity index (χ1v) is 6.09. The molecule has 1 atom stereocenters. The molecule has 9 heteroatoms. The molecule has 0 bridgehead atoms. The molecule has 1 fully saturated rings. The Morgan fingerprint density at radius 1 is 1.52 bits per heavy atom. The second-order valence-corrected chi connectivity index (χ2v) is 4.52. The van der Waals surface area contributed by atoms with Crippen LogP contribution in [0.5, 0.6) is 0 Å². The van der Waals surface area contributed by atoms with Crippen molar-refractivity contribution in [2.45, 2.75) is 12.5 Å². The summed E-state index contributed by atoms with van der Waals surface area (Å²) in [6.07, 6.45) is -0.476. The van der Waals surface area contributed by atoms with Gasteiger partial charge in [-0.2, -0.15) is 0 Å². The third-order valence-corrected chi connectivity index (χ3v) is 3.11. The second-order valence-electron chi connectivity index (χ2n) is 4.52. The molecule has 1 aliphatic heterocycles. The highest BCUT2D eigenvalue weighted by atomic mass is 19.1. The number of nitro groups is 1. The van der Waals surface area contributed by atoms with Crippen molar-refractivity contribution in [2.24, 2.45) is 0 Å². The summed E-state index contributed by atoms with van der Waals surface area (Å²) in [7, 11) is 0. The van der Waals surface area contributed by atoms with E-state index < -0.39 is 40.8 Å². The smallest absolute Gasteiger partial charge is 0.305 e. The molecule has 1 unspecified atom stereocenters. The van der Waals surface area contributed by atoms with E-state index in [9.17, 15) is 24.1 Å². The summed E-state index contributed by atoms with van der Waals surface area (Å²) in [5.74, 6) is -2.51. The van der Waals surface area contributed by atoms with Gasteiger partial charge in [0.25, 0.3) is 5.69 Å². The molecule has 112 valence electrons. The van der Waals surface area contributed by atoms with Crippen molar-refractivity contribution in [2.75, 3.05) is 18.0 Å². The number of non-ortho nitro benzene ring substituents is 1. The SMILES string of the molecule is O=C(O)CC1C(=O)NCCN1c1cc(F)cc([N+](=O)[O-])c1. The zero-order valence-corrected chi connectivity index (χ0v) is 10.8. The van der Waals surface area contributed by atoms with Crippen molar-refractivity contribution in [3.63, 3.8) is 0 Å². The minimum absolute atomic E-state index is 0.114. The zero-order valence-electron chi connectivity index (χ0n) is 10.8. The normalized spacial score (nSPS) is 18.2. The van der Waals surface area contributed by atoms with E-state index in [4.69, 9.17) is 5.11 Å². The molecule has 8 nitrogen and oxygen atoms in total. The van der Waals surface area contributed by atoms with Crippen LogP contribution in [0.4, 0.5) is 15.8 Å². The average molecular weight is 297 g/mol. The van der Waals surface area contributed by atoms with E-state index >= 15 is 0 Å². The topological polar surface area (TPSA) is 113 Å². The predicted molar refractivity (Wildman–Crippen MR) is 69.5 cm³/mol. The minimum atomic E-state index is -1.19. The molecular formula is C12H12FN3O5. The molecule has 1 amide bonds. The van der Waals surface area contributed by atoms with Gasteiger partial charge in [-0.25, -0.2) is 4.39 Å². The first-order chi connectivity index (χ1) is 9.88. The third-order valence-electron chi connectivity index (χ3n) is 3.11. The summed E-state index contributed by atoms with van der Waals surface area (Å²) >= 11 is 0. The Labute approximate surface area is 118 Å². The zero-order chi connectivity index (χ0) is 15.6. The van der Waals surface area contributed by atoms with Gasteiger partial charge in [0.1, 0.15) is 11.9 Å². The van der Waals surface area contributed by atoms with Gasteiger partial charge in [-0.1, -0.05) is 0 Å². The van der Waals surface area contributed by atoms with Crippen molar-refractivity contribution in [3.8, 4) is 0 Å². The van der Waals surface area contributed by atoms with Crippen LogP contribution in [0.1, 0.15) is 6.42 Å². The number of benzene rings is 1. The van der Waals surface area contributed by atoms with Crippen molar-refractivity contribution in [3.05, 3.63) is 34.1 Å². The van der Waals surface area contributed by atoms with E-state index in [1.807, 2.05) is 0 Å². The lowest BCUT2D eigenvalue weighted by Gasteiger charge is -2.35. The molecule has 0 radical (unpaired) electrons. The van der Waals surface area contributed by atoms with Gasteiger partial charge in [-0.3, -0.25) is 19.7 Å². The van der Waals surface area contributed by atoms with E-state index in [2.05, 4.69) is 5.32 Å². The Morgan fingerprint density at radius 2 is 2.24 bits per heavy atom. The summed E-state index contributed by atoms with van der Waals surface area (Å²) in [5.41, 5.74) is -0.340. The second kappa shape index (κ2) is 5.73. The van der Waals surface area contributed by atoms with E-state index in [0.29, 0.717) is 0 Å². The molecule has 0 aliphatic carbocycles. The molecule has 1 aliphatic rings. The third kappa shape index (κ3) is 3.25. The fourth-order valence-electron chi connectivity index (χ4n) is 2.22. The maximum atomic E-state index is 13.5. The van der Waals surface area contributed by atoms with E-state index in [1.54, 1.807) is 0 Å². The minimum Gasteiger partial charge on any atom is -0.481 e. The lowest BCUT2D eigenvalue weighted by molar-refractivity contribution is -0.385. The number of carbonyl (C=O) groups is 2. The molecule has 0 aromatic heterocycles. The van der Waals surface area contributed by atoms with E-state index in [0.717, 1.165) is 18.2 Å². The van der Waals surface area contributed by atoms with Crippen LogP contribution in [0.25, 0.3) is 0 Å². The Morgan fingerprint density at radius 3 is 2.86 bits per heavy atom. The van der Waals surface area contributed by atoms with Gasteiger partial charge in [0, 0.05) is 24.8 Å². The molecule has 0 spiro atoms. The van der Waals surface area contributed by atoms with E-state index in [-0.39, 0.29) is 18.8 Å². The first kappa shape index (κ1) is 14.7. The fraction of sp³-hybridized carbons (Fsp3) is 0.333. The summed E-state index contributed by atoms with van der Waals surface area (Å²) < 4.78 is 13.5. The fourth-order valence-corrected chi connectivity index (χ4v) is 2.22. The summed E-state index contributed by atoms with van der Waals surface area (Å²) in [6.45, 7) is 0.490. The molecule has 1 aromatic rings.